The van der Waals surface area contributed by atoms with Crippen LogP contribution in [0.4, 0.5) is 5.69 Å². The van der Waals surface area contributed by atoms with Crippen molar-refractivity contribution in [2.75, 3.05) is 24.1 Å². The molecule has 6 heteroatoms. The molecule has 0 aliphatic carbocycles. The fourth-order valence-electron chi connectivity index (χ4n) is 2.32. The van der Waals surface area contributed by atoms with E-state index in [1.165, 1.54) is 0 Å². The van der Waals surface area contributed by atoms with E-state index >= 15 is 0 Å². The van der Waals surface area contributed by atoms with Gasteiger partial charge in [0.2, 0.25) is 10.0 Å². The minimum atomic E-state index is -3.42. The maximum absolute atomic E-state index is 12.6. The largest absolute Gasteiger partial charge is 0.338 e. The number of carbonyl (C=O) groups is 1. The van der Waals surface area contributed by atoms with Crippen LogP contribution in [0.3, 0.4) is 0 Å². The summed E-state index contributed by atoms with van der Waals surface area (Å²) in [5.41, 5.74) is 2.79. The summed E-state index contributed by atoms with van der Waals surface area (Å²) in [5, 5.41) is 0. The van der Waals surface area contributed by atoms with Crippen molar-refractivity contribution in [2.24, 2.45) is 0 Å². The molecule has 1 fully saturated rings. The fraction of sp³-hybridized carbons (Fsp3) is 0.400. The number of nitrogens with one attached hydrogen (secondary N) is 1. The van der Waals surface area contributed by atoms with Gasteiger partial charge < -0.3 is 4.90 Å². The normalized spacial score (nSPS) is 15.9. The van der Waals surface area contributed by atoms with Gasteiger partial charge >= 0.3 is 0 Å². The predicted octanol–water partition coefficient (Wildman–Crippen LogP) is 2.16. The lowest BCUT2D eigenvalue weighted by molar-refractivity contribution is 0.0745. The van der Waals surface area contributed by atoms with E-state index in [1.54, 1.807) is 23.1 Å². The Morgan fingerprint density at radius 2 is 1.90 bits per heavy atom. The number of rotatable bonds is 3. The monoisotopic (exact) mass is 308 g/mol. The van der Waals surface area contributed by atoms with Crippen molar-refractivity contribution in [2.45, 2.75) is 19.8 Å². The summed E-state index contributed by atoms with van der Waals surface area (Å²) < 4.78 is 25.3. The van der Waals surface area contributed by atoms with Gasteiger partial charge in [-0.25, -0.2) is 8.42 Å². The number of sulfonamides is 1. The smallest absolute Gasteiger partial charge is 0.256 e. The Morgan fingerprint density at radius 1 is 1.29 bits per heavy atom. The second-order valence-electron chi connectivity index (χ2n) is 5.47. The first-order valence-electron chi connectivity index (χ1n) is 6.80. The Bertz CT molecular complexity index is 670. The molecule has 0 bridgehead atoms. The molecule has 1 aliphatic rings. The molecule has 1 aliphatic heterocycles. The highest BCUT2D eigenvalue weighted by molar-refractivity contribution is 7.92. The van der Waals surface area contributed by atoms with Gasteiger partial charge in [0.1, 0.15) is 0 Å². The minimum absolute atomic E-state index is 0.141. The van der Waals surface area contributed by atoms with Crippen LogP contribution < -0.4 is 4.72 Å². The predicted molar refractivity (Wildman–Crippen MR) is 83.9 cm³/mol. The molecule has 21 heavy (non-hydrogen) atoms. The maximum atomic E-state index is 12.6. The van der Waals surface area contributed by atoms with Crippen LogP contribution in [0.15, 0.2) is 30.4 Å². The van der Waals surface area contributed by atoms with Crippen molar-refractivity contribution >= 4 is 21.6 Å². The van der Waals surface area contributed by atoms with Crippen LogP contribution in [0.5, 0.6) is 0 Å². The number of hydrogen-bond donors (Lipinski definition) is 1. The van der Waals surface area contributed by atoms with E-state index in [0.29, 0.717) is 24.3 Å². The van der Waals surface area contributed by atoms with E-state index in [9.17, 15) is 13.2 Å². The van der Waals surface area contributed by atoms with Crippen LogP contribution in [0.2, 0.25) is 0 Å². The van der Waals surface area contributed by atoms with Crippen molar-refractivity contribution in [1.82, 2.24) is 4.90 Å². The SMILES string of the molecule is C=C1CCN(C(=O)c2cc(C)ccc2NS(C)(=O)=O)CC1. The molecular weight excluding hydrogens is 288 g/mol. The first-order valence-corrected chi connectivity index (χ1v) is 8.70. The van der Waals surface area contributed by atoms with Crippen molar-refractivity contribution < 1.29 is 13.2 Å². The molecule has 1 aromatic carbocycles. The number of likely N-dealkylation sites (tertiary alicyclic amines) is 1. The number of benzene rings is 1. The van der Waals surface area contributed by atoms with Crippen LogP contribution in [-0.2, 0) is 10.0 Å². The van der Waals surface area contributed by atoms with Gasteiger partial charge in [-0.15, -0.1) is 0 Å². The lowest BCUT2D eigenvalue weighted by Gasteiger charge is -2.28. The van der Waals surface area contributed by atoms with Crippen molar-refractivity contribution in [3.8, 4) is 0 Å². The Balaban J connectivity index is 2.31. The van der Waals surface area contributed by atoms with Crippen LogP contribution in [-0.4, -0.2) is 38.6 Å². The lowest BCUT2D eigenvalue weighted by Crippen LogP contribution is -2.36. The average molecular weight is 308 g/mol. The van der Waals surface area contributed by atoms with Crippen LogP contribution >= 0.6 is 0 Å². The number of carbonyl (C=O) groups excluding carboxylic acids is 1. The van der Waals surface area contributed by atoms with E-state index in [0.717, 1.165) is 30.2 Å². The molecule has 114 valence electrons. The summed E-state index contributed by atoms with van der Waals surface area (Å²) in [6, 6.07) is 5.13. The van der Waals surface area contributed by atoms with Crippen molar-refractivity contribution in [3.05, 3.63) is 41.5 Å². The molecule has 1 aromatic rings. The number of amides is 1. The van der Waals surface area contributed by atoms with Gasteiger partial charge in [-0.1, -0.05) is 23.8 Å². The van der Waals surface area contributed by atoms with Gasteiger partial charge in [0.25, 0.3) is 5.91 Å². The third-order valence-electron chi connectivity index (χ3n) is 3.46. The number of piperidine rings is 1. The second-order valence-corrected chi connectivity index (χ2v) is 7.21. The summed E-state index contributed by atoms with van der Waals surface area (Å²) in [6.07, 6.45) is 2.67. The van der Waals surface area contributed by atoms with E-state index in [-0.39, 0.29) is 5.91 Å². The van der Waals surface area contributed by atoms with Gasteiger partial charge in [0, 0.05) is 13.1 Å². The zero-order chi connectivity index (χ0) is 15.6. The minimum Gasteiger partial charge on any atom is -0.338 e. The van der Waals surface area contributed by atoms with E-state index in [4.69, 9.17) is 0 Å². The van der Waals surface area contributed by atoms with Gasteiger partial charge in [-0.2, -0.15) is 0 Å². The quantitative estimate of drug-likeness (QED) is 0.870. The third-order valence-corrected chi connectivity index (χ3v) is 4.05. The van der Waals surface area contributed by atoms with Crippen LogP contribution in [0.1, 0.15) is 28.8 Å². The summed E-state index contributed by atoms with van der Waals surface area (Å²) in [7, 11) is -3.42. The van der Waals surface area contributed by atoms with E-state index in [2.05, 4.69) is 11.3 Å². The zero-order valence-corrected chi connectivity index (χ0v) is 13.2. The van der Waals surface area contributed by atoms with Gasteiger partial charge in [0.05, 0.1) is 17.5 Å². The molecule has 1 amide bonds. The van der Waals surface area contributed by atoms with Gasteiger partial charge in [-0.3, -0.25) is 9.52 Å². The molecule has 1 heterocycles. The molecule has 0 radical (unpaired) electrons. The lowest BCUT2D eigenvalue weighted by atomic mass is 10.0. The molecule has 0 aromatic heterocycles. The third kappa shape index (κ3) is 4.07. The molecule has 1 N–H and O–H groups in total. The van der Waals surface area contributed by atoms with E-state index < -0.39 is 10.0 Å². The Kier molecular flexibility index (Phi) is 4.37. The Morgan fingerprint density at radius 3 is 2.48 bits per heavy atom. The number of nitrogens with zero attached hydrogens (tertiary/aromatic N) is 1. The summed E-state index contributed by atoms with van der Waals surface area (Å²) in [4.78, 5) is 14.4. The average Bonchev–Trinajstić information content (AvgIpc) is 2.39. The number of hydrogen-bond acceptors (Lipinski definition) is 3. The highest BCUT2D eigenvalue weighted by Crippen LogP contribution is 2.23. The molecule has 5 nitrogen and oxygen atoms in total. The highest BCUT2D eigenvalue weighted by Gasteiger charge is 2.22. The molecular formula is C15H20N2O3S. The molecule has 0 spiro atoms. The zero-order valence-electron chi connectivity index (χ0n) is 12.3. The number of aryl methyl sites for hydroxylation is 1. The van der Waals surface area contributed by atoms with Gasteiger partial charge in [0.15, 0.2) is 0 Å². The van der Waals surface area contributed by atoms with Crippen LogP contribution in [0, 0.1) is 6.92 Å². The van der Waals surface area contributed by atoms with E-state index in [1.807, 2.05) is 6.92 Å². The fourth-order valence-corrected chi connectivity index (χ4v) is 2.90. The number of anilines is 1. The Labute approximate surface area is 125 Å². The standard InChI is InChI=1S/C15H20N2O3S/c1-11-6-8-17(9-7-11)15(18)13-10-12(2)4-5-14(13)16-21(3,19)20/h4-5,10,16H,1,6-9H2,2-3H3. The highest BCUT2D eigenvalue weighted by atomic mass is 32.2. The van der Waals surface area contributed by atoms with Crippen molar-refractivity contribution in [1.29, 1.82) is 0 Å². The summed E-state index contributed by atoms with van der Waals surface area (Å²) in [6.45, 7) is 7.06. The Hall–Kier alpha value is -1.82. The first-order chi connectivity index (χ1) is 9.76. The molecule has 0 saturated carbocycles. The molecule has 2 rings (SSSR count). The second kappa shape index (κ2) is 5.89. The first kappa shape index (κ1) is 15.6. The van der Waals surface area contributed by atoms with Gasteiger partial charge in [-0.05, 0) is 31.9 Å². The molecule has 0 atom stereocenters. The summed E-state index contributed by atoms with van der Waals surface area (Å²) in [5.74, 6) is -0.141. The maximum Gasteiger partial charge on any atom is 0.256 e. The summed E-state index contributed by atoms with van der Waals surface area (Å²) >= 11 is 0. The topological polar surface area (TPSA) is 66.5 Å². The molecule has 0 unspecified atom stereocenters. The van der Waals surface area contributed by atoms with Crippen LogP contribution in [0.25, 0.3) is 0 Å². The van der Waals surface area contributed by atoms with Crippen molar-refractivity contribution in [3.63, 3.8) is 0 Å². The molecule has 1 saturated heterocycles.